The summed E-state index contributed by atoms with van der Waals surface area (Å²) in [5.41, 5.74) is 0. The van der Waals surface area contributed by atoms with Gasteiger partial charge in [-0.2, -0.15) is 4.67 Å². The molecule has 0 aliphatic rings. The lowest BCUT2D eigenvalue weighted by molar-refractivity contribution is 0.703. The summed E-state index contributed by atoms with van der Waals surface area (Å²) in [6.45, 7) is 0. The second kappa shape index (κ2) is 1.68. The molecular formula is C2H9NP+. The molecule has 1 atom stereocenters. The number of rotatable bonds is 0. The molecule has 0 rings (SSSR count). The van der Waals surface area contributed by atoms with E-state index in [2.05, 4.69) is 0 Å². The summed E-state index contributed by atoms with van der Waals surface area (Å²) in [5.74, 6) is 0. The smallest absolute Gasteiger partial charge is 0.0424 e. The highest BCUT2D eigenvalue weighted by Crippen LogP contribution is 1.78. The van der Waals surface area contributed by atoms with Gasteiger partial charge in [0, 0.05) is 23.5 Å². The normalized spacial score (nSPS) is 9.75. The highest BCUT2D eigenvalue weighted by molar-refractivity contribution is 7.13. The van der Waals surface area contributed by atoms with E-state index in [9.17, 15) is 0 Å². The molecule has 0 bridgehead atoms. The van der Waals surface area contributed by atoms with Gasteiger partial charge in [0.2, 0.25) is 0 Å². The molecule has 0 amide bonds. The minimum Gasteiger partial charge on any atom is -0.194 e. The average Bonchev–Trinajstić information content (AvgIpc) is 0.811. The molecular weight excluding hydrogens is 69.0 g/mol. The molecule has 26 valence electrons. The van der Waals surface area contributed by atoms with Crippen molar-refractivity contribution in [2.75, 3.05) is 14.1 Å². The summed E-state index contributed by atoms with van der Waals surface area (Å²) in [5, 5.41) is 0. The summed E-state index contributed by atoms with van der Waals surface area (Å²) >= 11 is 0. The third kappa shape index (κ3) is 30.4. The molecule has 0 spiro atoms. The molecule has 0 saturated heterocycles. The minimum absolute atomic E-state index is 1.84. The lowest BCUT2D eigenvalue weighted by Gasteiger charge is -1.82. The van der Waals surface area contributed by atoms with E-state index in [1.807, 2.05) is 28.2 Å². The zero-order valence-corrected chi connectivity index (χ0v) is 4.57. The van der Waals surface area contributed by atoms with Crippen LogP contribution in [0.5, 0.6) is 0 Å². The van der Waals surface area contributed by atoms with Gasteiger partial charge in [-0.25, -0.2) is 0 Å². The van der Waals surface area contributed by atoms with Crippen LogP contribution in [0.4, 0.5) is 0 Å². The zero-order valence-electron chi connectivity index (χ0n) is 3.15. The molecule has 1 nitrogen and oxygen atoms in total. The van der Waals surface area contributed by atoms with Crippen molar-refractivity contribution in [3.8, 4) is 0 Å². The molecule has 4 heavy (non-hydrogen) atoms. The number of hydrogen-bond acceptors (Lipinski definition) is 1. The summed E-state index contributed by atoms with van der Waals surface area (Å²) in [6, 6.07) is 0. The minimum atomic E-state index is 1.84. The van der Waals surface area contributed by atoms with E-state index in [4.69, 9.17) is 0 Å². The standard InChI is InChI=1S/C2H8NP/c1-3(2)4/h4H2,1-2H3/p+1. The molecule has 1 unspecified atom stereocenters. The highest BCUT2D eigenvalue weighted by atomic mass is 31.0. The van der Waals surface area contributed by atoms with E-state index in [-0.39, 0.29) is 0 Å². The van der Waals surface area contributed by atoms with Crippen LogP contribution in [0.2, 0.25) is 0 Å². The van der Waals surface area contributed by atoms with Gasteiger partial charge in [-0.05, 0) is 0 Å². The maximum Gasteiger partial charge on any atom is 0.0424 e. The van der Waals surface area contributed by atoms with Gasteiger partial charge in [0.1, 0.15) is 0 Å². The topological polar surface area (TPSA) is 3.24 Å². The van der Waals surface area contributed by atoms with Gasteiger partial charge in [0.15, 0.2) is 0 Å². The summed E-state index contributed by atoms with van der Waals surface area (Å²) in [6.07, 6.45) is 0. The molecule has 0 fully saturated rings. The fraction of sp³-hybridized carbons (Fsp3) is 1.00. The second-order valence-electron chi connectivity index (χ2n) is 1.08. The molecule has 0 aliphatic heterocycles. The quantitative estimate of drug-likeness (QED) is 0.370. The second-order valence-corrected chi connectivity index (χ2v) is 2.34. The van der Waals surface area contributed by atoms with Gasteiger partial charge in [-0.1, -0.05) is 0 Å². The molecule has 0 aliphatic carbocycles. The van der Waals surface area contributed by atoms with Crippen molar-refractivity contribution in [3.63, 3.8) is 0 Å². The Morgan fingerprint density at radius 2 is 1.50 bits per heavy atom. The molecule has 0 heterocycles. The summed E-state index contributed by atoms with van der Waals surface area (Å²) in [4.78, 5) is 0. The van der Waals surface area contributed by atoms with Crippen molar-refractivity contribution in [1.82, 2.24) is 4.67 Å². The van der Waals surface area contributed by atoms with Crippen molar-refractivity contribution < 1.29 is 0 Å². The first kappa shape index (κ1) is 4.39. The molecule has 0 aromatic rings. The Hall–Kier alpha value is 0.390. The van der Waals surface area contributed by atoms with Gasteiger partial charge in [0.05, 0.1) is 0 Å². The van der Waals surface area contributed by atoms with Crippen LogP contribution in [0.25, 0.3) is 0 Å². The Kier molecular flexibility index (Phi) is 1.85. The Morgan fingerprint density at radius 3 is 1.50 bits per heavy atom. The van der Waals surface area contributed by atoms with Crippen molar-refractivity contribution in [1.29, 1.82) is 0 Å². The molecule has 0 N–H and O–H groups in total. The zero-order chi connectivity index (χ0) is 3.58. The first-order chi connectivity index (χ1) is 1.73. The Morgan fingerprint density at radius 1 is 1.50 bits per heavy atom. The largest absolute Gasteiger partial charge is 0.194 e. The van der Waals surface area contributed by atoms with Crippen LogP contribution in [0.1, 0.15) is 0 Å². The lowest BCUT2D eigenvalue weighted by atomic mass is 11.3. The first-order valence-corrected chi connectivity index (χ1v) is 1.84. The van der Waals surface area contributed by atoms with E-state index in [0.717, 1.165) is 0 Å². The third-order valence-corrected chi connectivity index (χ3v) is 0. The first-order valence-electron chi connectivity index (χ1n) is 1.21. The van der Waals surface area contributed by atoms with Crippen LogP contribution in [0, 0.1) is 0 Å². The van der Waals surface area contributed by atoms with Gasteiger partial charge >= 0.3 is 0 Å². The summed E-state index contributed by atoms with van der Waals surface area (Å²) < 4.78 is 2.03. The lowest BCUT2D eigenvalue weighted by Crippen LogP contribution is -1.88. The Bertz CT molecular complexity index is 10.8. The van der Waals surface area contributed by atoms with Crippen molar-refractivity contribution in [2.24, 2.45) is 0 Å². The molecule has 0 saturated carbocycles. The fourth-order valence-corrected chi connectivity index (χ4v) is 0. The van der Waals surface area contributed by atoms with Gasteiger partial charge in [-0.15, -0.1) is 0 Å². The van der Waals surface area contributed by atoms with E-state index in [1.165, 1.54) is 0 Å². The molecule has 2 heteroatoms. The van der Waals surface area contributed by atoms with Gasteiger partial charge in [0.25, 0.3) is 0 Å². The maximum absolute atomic E-state index is 2.03. The highest BCUT2D eigenvalue weighted by Gasteiger charge is 1.65. The van der Waals surface area contributed by atoms with Crippen LogP contribution in [-0.4, -0.2) is 18.8 Å². The van der Waals surface area contributed by atoms with Crippen molar-refractivity contribution >= 4 is 9.39 Å². The van der Waals surface area contributed by atoms with E-state index < -0.39 is 0 Å². The van der Waals surface area contributed by atoms with Gasteiger partial charge < -0.3 is 0 Å². The molecule has 0 aromatic carbocycles. The van der Waals surface area contributed by atoms with Crippen LogP contribution in [-0.2, 0) is 0 Å². The SMILES string of the molecule is CN(C)[PH3+]. The number of hydrogen-bond donors (Lipinski definition) is 0. The van der Waals surface area contributed by atoms with Crippen LogP contribution < -0.4 is 0 Å². The van der Waals surface area contributed by atoms with E-state index in [0.29, 0.717) is 0 Å². The van der Waals surface area contributed by atoms with E-state index >= 15 is 0 Å². The van der Waals surface area contributed by atoms with Crippen LogP contribution >= 0.6 is 9.39 Å². The predicted molar refractivity (Wildman–Crippen MR) is 24.8 cm³/mol. The Labute approximate surface area is 29.3 Å². The monoisotopic (exact) mass is 78.0 g/mol. The maximum atomic E-state index is 2.03. The third-order valence-electron chi connectivity index (χ3n) is 0. The summed E-state index contributed by atoms with van der Waals surface area (Å²) in [7, 11) is 5.86. The van der Waals surface area contributed by atoms with Crippen molar-refractivity contribution in [2.45, 2.75) is 0 Å². The van der Waals surface area contributed by atoms with Crippen LogP contribution in [0.3, 0.4) is 0 Å². The molecule has 0 aromatic heterocycles. The van der Waals surface area contributed by atoms with Crippen LogP contribution in [0.15, 0.2) is 0 Å². The Balaban J connectivity index is 2.32. The molecule has 0 radical (unpaired) electrons. The predicted octanol–water partition coefficient (Wildman–Crippen LogP) is 0.0704. The number of nitrogens with zero attached hydrogens (tertiary/aromatic N) is 1. The van der Waals surface area contributed by atoms with Crippen molar-refractivity contribution in [3.05, 3.63) is 0 Å². The van der Waals surface area contributed by atoms with E-state index in [1.54, 1.807) is 0 Å². The average molecular weight is 78.1 g/mol. The fourth-order valence-electron chi connectivity index (χ4n) is 0. The van der Waals surface area contributed by atoms with Gasteiger partial charge in [-0.3, -0.25) is 0 Å².